The summed E-state index contributed by atoms with van der Waals surface area (Å²) in [6, 6.07) is 3.90. The number of carbonyl (C=O) groups is 1. The van der Waals surface area contributed by atoms with Crippen LogP contribution in [0, 0.1) is 0 Å². The Morgan fingerprint density at radius 2 is 2.16 bits per heavy atom. The Morgan fingerprint density at radius 3 is 2.74 bits per heavy atom. The summed E-state index contributed by atoms with van der Waals surface area (Å²) in [5.41, 5.74) is -0.339. The van der Waals surface area contributed by atoms with Crippen LogP contribution in [-0.4, -0.2) is 12.6 Å². The van der Waals surface area contributed by atoms with Gasteiger partial charge in [0, 0.05) is 6.54 Å². The van der Waals surface area contributed by atoms with Gasteiger partial charge in [0.15, 0.2) is 0 Å². The zero-order valence-corrected chi connectivity index (χ0v) is 10.4. The van der Waals surface area contributed by atoms with Crippen LogP contribution in [-0.2, 0) is 6.18 Å². The average molecular weight is 272 g/mol. The second-order valence-corrected chi connectivity index (χ2v) is 3.99. The molecule has 1 rings (SSSR count). The largest absolute Gasteiger partial charge is 0.416 e. The van der Waals surface area contributed by atoms with Crippen molar-refractivity contribution in [3.63, 3.8) is 0 Å². The third kappa shape index (κ3) is 4.65. The van der Waals surface area contributed by atoms with Crippen molar-refractivity contribution in [2.24, 2.45) is 0 Å². The molecule has 2 N–H and O–H groups in total. The maximum absolute atomic E-state index is 12.5. The third-order valence-electron chi connectivity index (χ3n) is 2.47. The lowest BCUT2D eigenvalue weighted by Gasteiger charge is -2.16. The molecule has 0 saturated carbocycles. The molecule has 3 nitrogen and oxygen atoms in total. The van der Waals surface area contributed by atoms with E-state index in [-0.39, 0.29) is 0 Å². The molecule has 0 bridgehead atoms. The molecule has 0 aliphatic heterocycles. The number of halogens is 3. The summed E-state index contributed by atoms with van der Waals surface area (Å²) < 4.78 is 37.6. The van der Waals surface area contributed by atoms with Crippen LogP contribution >= 0.6 is 0 Å². The number of hydrogen-bond acceptors (Lipinski definition) is 1. The van der Waals surface area contributed by atoms with Crippen molar-refractivity contribution in [2.45, 2.75) is 19.1 Å². The van der Waals surface area contributed by atoms with Crippen molar-refractivity contribution >= 4 is 6.03 Å². The fourth-order valence-electron chi connectivity index (χ4n) is 1.48. The number of hydrogen-bond donors (Lipinski definition) is 2. The molecule has 0 aliphatic carbocycles. The molecule has 19 heavy (non-hydrogen) atoms. The van der Waals surface area contributed by atoms with Gasteiger partial charge in [-0.15, -0.1) is 6.58 Å². The van der Waals surface area contributed by atoms with Gasteiger partial charge in [0.25, 0.3) is 0 Å². The predicted octanol–water partition coefficient (Wildman–Crippen LogP) is 3.25. The predicted molar refractivity (Wildman–Crippen MR) is 66.6 cm³/mol. The van der Waals surface area contributed by atoms with Crippen LogP contribution < -0.4 is 10.6 Å². The lowest BCUT2D eigenvalue weighted by molar-refractivity contribution is -0.137. The van der Waals surface area contributed by atoms with Crippen molar-refractivity contribution in [3.8, 4) is 0 Å². The van der Waals surface area contributed by atoms with Crippen molar-refractivity contribution in [1.82, 2.24) is 10.6 Å². The molecule has 1 aromatic rings. The van der Waals surface area contributed by atoms with Crippen LogP contribution in [0.3, 0.4) is 0 Å². The minimum Gasteiger partial charge on any atom is -0.335 e. The number of nitrogens with one attached hydrogen (secondary N) is 2. The highest BCUT2D eigenvalue weighted by atomic mass is 19.4. The highest BCUT2D eigenvalue weighted by Crippen LogP contribution is 2.30. The van der Waals surface area contributed by atoms with Gasteiger partial charge in [0.05, 0.1) is 11.6 Å². The molecule has 0 fully saturated rings. The molecule has 0 heterocycles. The molecule has 2 amide bonds. The Hall–Kier alpha value is -1.98. The van der Waals surface area contributed by atoms with Crippen molar-refractivity contribution in [2.75, 3.05) is 6.54 Å². The molecule has 0 spiro atoms. The number of alkyl halides is 3. The molecule has 0 radical (unpaired) electrons. The van der Waals surface area contributed by atoms with Crippen LogP contribution in [0.5, 0.6) is 0 Å². The zero-order valence-electron chi connectivity index (χ0n) is 10.4. The number of carbonyl (C=O) groups excluding carboxylic acids is 1. The van der Waals surface area contributed by atoms with Gasteiger partial charge in [-0.2, -0.15) is 13.2 Å². The van der Waals surface area contributed by atoms with Crippen LogP contribution in [0.2, 0.25) is 0 Å². The average Bonchev–Trinajstić information content (AvgIpc) is 2.35. The molecule has 104 valence electrons. The lowest BCUT2D eigenvalue weighted by Crippen LogP contribution is -2.37. The van der Waals surface area contributed by atoms with E-state index in [4.69, 9.17) is 0 Å². The van der Waals surface area contributed by atoms with E-state index in [0.717, 1.165) is 12.1 Å². The Labute approximate surface area is 109 Å². The Kier molecular flexibility index (Phi) is 4.97. The SMILES string of the molecule is C=CCNC(=O)NC(C)c1cccc(C(F)(F)F)c1. The molecule has 1 atom stereocenters. The van der Waals surface area contributed by atoms with Gasteiger partial charge in [0.1, 0.15) is 0 Å². The standard InChI is InChI=1S/C13H15F3N2O/c1-3-7-17-12(19)18-9(2)10-5-4-6-11(8-10)13(14,15)16/h3-6,8-9H,1,7H2,2H3,(H2,17,18,19). The van der Waals surface area contributed by atoms with E-state index < -0.39 is 23.8 Å². The first-order chi connectivity index (χ1) is 8.84. The monoisotopic (exact) mass is 272 g/mol. The summed E-state index contributed by atoms with van der Waals surface area (Å²) in [6.45, 7) is 5.35. The van der Waals surface area contributed by atoms with E-state index in [1.54, 1.807) is 6.92 Å². The van der Waals surface area contributed by atoms with E-state index in [9.17, 15) is 18.0 Å². The molecule has 1 unspecified atom stereocenters. The van der Waals surface area contributed by atoms with E-state index in [1.165, 1.54) is 18.2 Å². The van der Waals surface area contributed by atoms with Crippen molar-refractivity contribution in [3.05, 3.63) is 48.0 Å². The summed E-state index contributed by atoms with van der Waals surface area (Å²) >= 11 is 0. The van der Waals surface area contributed by atoms with Gasteiger partial charge in [-0.05, 0) is 24.6 Å². The normalized spacial score (nSPS) is 12.6. The summed E-state index contributed by atoms with van der Waals surface area (Å²) in [5.74, 6) is 0. The van der Waals surface area contributed by atoms with Crippen LogP contribution in [0.15, 0.2) is 36.9 Å². The minimum absolute atomic E-state index is 0.293. The minimum atomic E-state index is -4.39. The second-order valence-electron chi connectivity index (χ2n) is 3.99. The smallest absolute Gasteiger partial charge is 0.335 e. The van der Waals surface area contributed by atoms with Gasteiger partial charge >= 0.3 is 12.2 Å². The third-order valence-corrected chi connectivity index (χ3v) is 2.47. The van der Waals surface area contributed by atoms with E-state index >= 15 is 0 Å². The van der Waals surface area contributed by atoms with E-state index in [0.29, 0.717) is 12.1 Å². The number of amides is 2. The second kappa shape index (κ2) is 6.26. The molecule has 0 aromatic heterocycles. The lowest BCUT2D eigenvalue weighted by atomic mass is 10.1. The first-order valence-electron chi connectivity index (χ1n) is 5.67. The van der Waals surface area contributed by atoms with Crippen LogP contribution in [0.25, 0.3) is 0 Å². The molecule has 6 heteroatoms. The van der Waals surface area contributed by atoms with Crippen molar-refractivity contribution < 1.29 is 18.0 Å². The summed E-state index contributed by atoms with van der Waals surface area (Å²) in [6.07, 6.45) is -2.88. The number of urea groups is 1. The van der Waals surface area contributed by atoms with Crippen molar-refractivity contribution in [1.29, 1.82) is 0 Å². The van der Waals surface area contributed by atoms with Crippen LogP contribution in [0.1, 0.15) is 24.1 Å². The zero-order chi connectivity index (χ0) is 14.5. The highest BCUT2D eigenvalue weighted by Gasteiger charge is 2.30. The highest BCUT2D eigenvalue weighted by molar-refractivity contribution is 5.74. The Morgan fingerprint density at radius 1 is 1.47 bits per heavy atom. The molecule has 0 saturated heterocycles. The Balaban J connectivity index is 2.74. The maximum atomic E-state index is 12.5. The topological polar surface area (TPSA) is 41.1 Å². The van der Waals surface area contributed by atoms with Gasteiger partial charge in [-0.25, -0.2) is 4.79 Å². The summed E-state index contributed by atoms with van der Waals surface area (Å²) in [5, 5.41) is 5.03. The molecular weight excluding hydrogens is 257 g/mol. The molecule has 1 aromatic carbocycles. The first kappa shape index (κ1) is 15.1. The van der Waals surface area contributed by atoms with E-state index in [1.807, 2.05) is 0 Å². The maximum Gasteiger partial charge on any atom is 0.416 e. The molecular formula is C13H15F3N2O. The fourth-order valence-corrected chi connectivity index (χ4v) is 1.48. The fraction of sp³-hybridized carbons (Fsp3) is 0.308. The molecule has 0 aliphatic rings. The van der Waals surface area contributed by atoms with Crippen LogP contribution in [0.4, 0.5) is 18.0 Å². The summed E-state index contributed by atoms with van der Waals surface area (Å²) in [4.78, 5) is 11.4. The van der Waals surface area contributed by atoms with Gasteiger partial charge < -0.3 is 10.6 Å². The summed E-state index contributed by atoms with van der Waals surface area (Å²) in [7, 11) is 0. The Bertz CT molecular complexity index is 457. The first-order valence-corrected chi connectivity index (χ1v) is 5.67. The van der Waals surface area contributed by atoms with Gasteiger partial charge in [-0.1, -0.05) is 18.2 Å². The number of rotatable bonds is 4. The number of benzene rings is 1. The quantitative estimate of drug-likeness (QED) is 0.812. The van der Waals surface area contributed by atoms with Gasteiger partial charge in [-0.3, -0.25) is 0 Å². The van der Waals surface area contributed by atoms with E-state index in [2.05, 4.69) is 17.2 Å². The van der Waals surface area contributed by atoms with Gasteiger partial charge in [0.2, 0.25) is 0 Å².